The van der Waals surface area contributed by atoms with E-state index >= 15 is 8.78 Å². The molecule has 2 aromatic rings. The number of rotatable bonds is 21. The molecule has 3 N–H and O–H groups in total. The molecule has 1 saturated heterocycles. The Labute approximate surface area is 385 Å². The van der Waals surface area contributed by atoms with Gasteiger partial charge in [0.1, 0.15) is 18.9 Å². The maximum Gasteiger partial charge on any atom is 0.253 e. The molecular formula is C48H54F2N2O13S. The first-order valence-corrected chi connectivity index (χ1v) is 22.8. The molecule has 0 aromatic heterocycles. The van der Waals surface area contributed by atoms with Gasteiger partial charge in [-0.3, -0.25) is 28.9 Å². The fourth-order valence-electron chi connectivity index (χ4n) is 9.14. The maximum absolute atomic E-state index is 17.3. The molecule has 8 atom stereocenters. The number of carbonyl (C=O) groups excluding carboxylic acids is 5. The van der Waals surface area contributed by atoms with Gasteiger partial charge in [0.05, 0.1) is 78.5 Å². The highest BCUT2D eigenvalue weighted by Gasteiger charge is 2.65. The van der Waals surface area contributed by atoms with E-state index in [0.29, 0.717) is 50.9 Å². The van der Waals surface area contributed by atoms with Crippen molar-refractivity contribution in [2.24, 2.45) is 17.3 Å². The number of aliphatic hydroxyl groups excluding tert-OH is 2. The SMILES string of the molecule is C[C@@]12CO[C@H](c3ccc(Sc4cccc(NC(=O)CCOCCOCCOCCOCCN5C(=O)C=CC5=O)c4)cc3)O[C@@H](C(=O)CO)C[C@H]1[C@@H]1C[C@H](F)C3=CC(=O)C=C=C3[C@@]1(F)[C@@H](O)C2. The van der Waals surface area contributed by atoms with Crippen molar-refractivity contribution in [3.05, 3.63) is 95.3 Å². The molecule has 0 unspecified atom stereocenters. The molecule has 2 saturated carbocycles. The highest BCUT2D eigenvalue weighted by atomic mass is 32.2. The van der Waals surface area contributed by atoms with Crippen LogP contribution in [0.1, 0.15) is 44.5 Å². The number of fused-ring (bicyclic) bond motifs is 5. The summed E-state index contributed by atoms with van der Waals surface area (Å²) in [4.78, 5) is 63.7. The van der Waals surface area contributed by atoms with Crippen molar-refractivity contribution in [3.63, 3.8) is 0 Å². The lowest BCUT2D eigenvalue weighted by molar-refractivity contribution is -0.245. The number of alkyl halides is 2. The molecule has 0 spiro atoms. The fourth-order valence-corrected chi connectivity index (χ4v) is 10.0. The molecule has 3 aliphatic carbocycles. The Balaban J connectivity index is 0.836. The summed E-state index contributed by atoms with van der Waals surface area (Å²) in [6.45, 7) is 3.62. The number of halogens is 2. The van der Waals surface area contributed by atoms with Crippen LogP contribution in [0.3, 0.4) is 0 Å². The molecule has 2 heterocycles. The van der Waals surface area contributed by atoms with Crippen molar-refractivity contribution in [3.8, 4) is 0 Å². The number of allylic oxidation sites excluding steroid dienone is 2. The fraction of sp³-hybridized carbons (Fsp3) is 0.500. The minimum Gasteiger partial charge on any atom is -0.389 e. The standard InChI is InChI=1S/C48H54F2N2O13S/c1-47-27-42(56)48(50)36-10-7-32(54)24-35(36)39(49)25-38(48)37(47)26-41(40(55)28-53)65-46(64-29-47)30-5-8-33(9-6-30)66-34-4-2-3-31(23-34)51-43(57)13-15-60-17-19-62-21-22-63-20-18-61-16-14-52-44(58)11-12-45(52)59/h2-9,11-12,23-24,37-39,41-42,46,53,56H,13-22,25-29H2,1H3,(H,51,57)/t37-,38-,39-,41+,42-,46-,47+,48-/m0/s1. The van der Waals surface area contributed by atoms with E-state index in [4.69, 9.17) is 28.4 Å². The van der Waals surface area contributed by atoms with E-state index in [1.165, 1.54) is 23.9 Å². The number of aliphatic hydroxyl groups is 2. The number of Topliss-reactive ketones (excluding diaryl/α,β-unsaturated/α-hetero) is 1. The zero-order chi connectivity index (χ0) is 46.8. The molecule has 2 aromatic carbocycles. The maximum atomic E-state index is 17.3. The summed E-state index contributed by atoms with van der Waals surface area (Å²) in [5, 5.41) is 24.3. The Hall–Kier alpha value is -4.72. The molecule has 7 rings (SSSR count). The lowest BCUT2D eigenvalue weighted by Crippen LogP contribution is -2.63. The zero-order valence-corrected chi connectivity index (χ0v) is 37.3. The third-order valence-electron chi connectivity index (χ3n) is 12.5. The van der Waals surface area contributed by atoms with Crippen LogP contribution in [0.2, 0.25) is 0 Å². The van der Waals surface area contributed by atoms with Crippen molar-refractivity contribution < 1.29 is 71.4 Å². The second-order valence-corrected chi connectivity index (χ2v) is 18.1. The van der Waals surface area contributed by atoms with Gasteiger partial charge in [0.15, 0.2) is 23.5 Å². The van der Waals surface area contributed by atoms with Gasteiger partial charge in [-0.25, -0.2) is 8.78 Å². The number of amides is 3. The minimum absolute atomic E-state index is 0.000706. The first-order chi connectivity index (χ1) is 31.8. The smallest absolute Gasteiger partial charge is 0.253 e. The highest BCUT2D eigenvalue weighted by molar-refractivity contribution is 7.99. The Morgan fingerprint density at radius 3 is 2.26 bits per heavy atom. The molecule has 0 radical (unpaired) electrons. The van der Waals surface area contributed by atoms with Gasteiger partial charge >= 0.3 is 0 Å². The summed E-state index contributed by atoms with van der Waals surface area (Å²) in [6, 6.07) is 14.7. The second kappa shape index (κ2) is 22.4. The van der Waals surface area contributed by atoms with Crippen LogP contribution in [-0.2, 0) is 52.4 Å². The van der Waals surface area contributed by atoms with Crippen LogP contribution in [0.4, 0.5) is 14.5 Å². The van der Waals surface area contributed by atoms with Gasteiger partial charge in [-0.15, -0.1) is 5.73 Å². The van der Waals surface area contributed by atoms with Crippen molar-refractivity contribution in [2.75, 3.05) is 77.9 Å². The summed E-state index contributed by atoms with van der Waals surface area (Å²) in [5.41, 5.74) is 0.190. The Morgan fingerprint density at radius 2 is 1.58 bits per heavy atom. The molecule has 2 aliphatic heterocycles. The summed E-state index contributed by atoms with van der Waals surface area (Å²) in [7, 11) is 0. The Morgan fingerprint density at radius 1 is 0.909 bits per heavy atom. The summed E-state index contributed by atoms with van der Waals surface area (Å²) in [6.07, 6.45) is -1.25. The van der Waals surface area contributed by atoms with E-state index < -0.39 is 65.8 Å². The van der Waals surface area contributed by atoms with Gasteiger partial charge in [-0.2, -0.15) is 0 Å². The van der Waals surface area contributed by atoms with Crippen LogP contribution >= 0.6 is 11.8 Å². The van der Waals surface area contributed by atoms with Gasteiger partial charge in [0, 0.05) is 56.3 Å². The number of benzene rings is 2. The van der Waals surface area contributed by atoms with E-state index in [0.717, 1.165) is 26.8 Å². The number of hydrogen-bond donors (Lipinski definition) is 3. The lowest BCUT2D eigenvalue weighted by atomic mass is 9.50. The molecule has 5 aliphatic rings. The lowest BCUT2D eigenvalue weighted by Gasteiger charge is -2.58. The molecular weight excluding hydrogens is 883 g/mol. The van der Waals surface area contributed by atoms with E-state index in [9.17, 15) is 34.2 Å². The quantitative estimate of drug-likeness (QED) is 0.0895. The molecule has 0 bridgehead atoms. The molecule has 354 valence electrons. The average molecular weight is 937 g/mol. The van der Waals surface area contributed by atoms with Crippen LogP contribution < -0.4 is 5.32 Å². The molecule has 15 nitrogen and oxygen atoms in total. The topological polar surface area (TPSA) is 196 Å². The molecule has 3 amide bonds. The number of anilines is 1. The minimum atomic E-state index is -2.42. The average Bonchev–Trinajstić information content (AvgIpc) is 3.62. The predicted molar refractivity (Wildman–Crippen MR) is 233 cm³/mol. The van der Waals surface area contributed by atoms with E-state index in [1.54, 1.807) is 18.2 Å². The van der Waals surface area contributed by atoms with Gasteiger partial charge < -0.3 is 44.0 Å². The predicted octanol–water partition coefficient (Wildman–Crippen LogP) is 4.57. The van der Waals surface area contributed by atoms with Crippen LogP contribution in [0.15, 0.2) is 99.5 Å². The largest absolute Gasteiger partial charge is 0.389 e. The number of imide groups is 1. The highest BCUT2D eigenvalue weighted by Crippen LogP contribution is 2.61. The first-order valence-electron chi connectivity index (χ1n) is 22.0. The van der Waals surface area contributed by atoms with E-state index in [-0.39, 0.29) is 80.9 Å². The summed E-state index contributed by atoms with van der Waals surface area (Å²) >= 11 is 1.45. The van der Waals surface area contributed by atoms with E-state index in [1.807, 2.05) is 37.3 Å². The van der Waals surface area contributed by atoms with Crippen LogP contribution in [0.5, 0.6) is 0 Å². The van der Waals surface area contributed by atoms with Crippen LogP contribution in [0.25, 0.3) is 0 Å². The van der Waals surface area contributed by atoms with Gasteiger partial charge in [-0.1, -0.05) is 36.9 Å². The Kier molecular flexibility index (Phi) is 16.7. The van der Waals surface area contributed by atoms with Crippen molar-refractivity contribution >= 4 is 46.7 Å². The summed E-state index contributed by atoms with van der Waals surface area (Å²) in [5.74, 6) is -3.83. The number of ketones is 2. The number of nitrogens with zero attached hydrogens (tertiary/aromatic N) is 1. The number of hydrogen-bond acceptors (Lipinski definition) is 14. The monoisotopic (exact) mass is 936 g/mol. The number of carbonyl (C=O) groups is 5. The second-order valence-electron chi connectivity index (χ2n) is 17.0. The molecule has 3 fully saturated rings. The van der Waals surface area contributed by atoms with Crippen molar-refractivity contribution in [2.45, 2.75) is 72.7 Å². The molecule has 66 heavy (non-hydrogen) atoms. The zero-order valence-electron chi connectivity index (χ0n) is 36.5. The van der Waals surface area contributed by atoms with Crippen LogP contribution in [0, 0.1) is 17.3 Å². The van der Waals surface area contributed by atoms with E-state index in [2.05, 4.69) is 11.0 Å². The number of ether oxygens (including phenoxy) is 6. The third kappa shape index (κ3) is 11.7. The van der Waals surface area contributed by atoms with Gasteiger partial charge in [0.25, 0.3) is 11.8 Å². The normalized spacial score (nSPS) is 28.2. The molecule has 18 heteroatoms. The summed E-state index contributed by atoms with van der Waals surface area (Å²) < 4.78 is 67.4. The van der Waals surface area contributed by atoms with Gasteiger partial charge in [-0.05, 0) is 67.0 Å². The number of nitrogens with one attached hydrogen (secondary N) is 1. The Bertz CT molecular complexity index is 2230. The van der Waals surface area contributed by atoms with Gasteiger partial charge in [0.2, 0.25) is 5.91 Å². The van der Waals surface area contributed by atoms with Crippen LogP contribution in [-0.4, -0.2) is 141 Å². The van der Waals surface area contributed by atoms with Crippen molar-refractivity contribution in [1.29, 1.82) is 0 Å². The van der Waals surface area contributed by atoms with Crippen molar-refractivity contribution in [1.82, 2.24) is 4.90 Å². The first kappa shape index (κ1) is 49.2. The third-order valence-corrected chi connectivity index (χ3v) is 13.5.